The van der Waals surface area contributed by atoms with Gasteiger partial charge in [0.05, 0.1) is 13.4 Å². The third kappa shape index (κ3) is 9.04. The number of hydroxylamine groups is 2. The second-order valence-electron chi connectivity index (χ2n) is 12.3. The summed E-state index contributed by atoms with van der Waals surface area (Å²) < 4.78 is 45.6. The molecule has 2 N–H and O–H groups in total. The van der Waals surface area contributed by atoms with E-state index in [2.05, 4.69) is 20.1 Å². The van der Waals surface area contributed by atoms with Crippen molar-refractivity contribution >= 4 is 23.7 Å². The van der Waals surface area contributed by atoms with Gasteiger partial charge in [-0.05, 0) is 55.7 Å². The van der Waals surface area contributed by atoms with E-state index in [1.165, 1.54) is 24.5 Å². The number of rotatable bonds is 12. The van der Waals surface area contributed by atoms with Crippen molar-refractivity contribution in [2.45, 2.75) is 89.8 Å². The number of aromatic nitrogens is 2. The topological polar surface area (TPSA) is 134 Å². The number of hydrogen-bond donors (Lipinski definition) is 2. The first kappa shape index (κ1) is 35.7. The lowest BCUT2D eigenvalue weighted by Gasteiger charge is -2.47. The molecule has 1 aliphatic heterocycles. The molecule has 4 rings (SSSR count). The number of methoxy groups -OCH3 is 1. The number of amides is 3. The summed E-state index contributed by atoms with van der Waals surface area (Å²) in [6.45, 7) is 2.29. The first-order valence-corrected chi connectivity index (χ1v) is 16.3. The molecule has 2 heterocycles. The molecule has 1 saturated heterocycles. The van der Waals surface area contributed by atoms with Crippen LogP contribution < -0.4 is 10.1 Å². The van der Waals surface area contributed by atoms with E-state index in [-0.39, 0.29) is 49.2 Å². The van der Waals surface area contributed by atoms with Crippen LogP contribution in [0, 0.1) is 11.3 Å². The number of nitrogens with one attached hydrogen (secondary N) is 2. The van der Waals surface area contributed by atoms with Gasteiger partial charge in [-0.2, -0.15) is 13.2 Å². The smallest absolute Gasteiger partial charge is 0.493 e. The molecule has 2 fully saturated rings. The fourth-order valence-corrected chi connectivity index (χ4v) is 6.83. The van der Waals surface area contributed by atoms with Crippen molar-refractivity contribution in [3.05, 3.63) is 48.0 Å². The van der Waals surface area contributed by atoms with Crippen LogP contribution in [0.2, 0.25) is 0 Å². The van der Waals surface area contributed by atoms with Gasteiger partial charge in [0.25, 0.3) is 0 Å². The molecule has 0 bridgehead atoms. The average Bonchev–Trinajstić information content (AvgIpc) is 3.60. The number of nitrogens with zero attached hydrogens (tertiary/aromatic N) is 3. The Hall–Kier alpha value is -4.10. The summed E-state index contributed by atoms with van der Waals surface area (Å²) in [6, 6.07) is 3.66. The standard InChI is InChI=1S/C33H44F3N5O6/c1-3-7-28(42)32(24-8-5-4-6-9-24)15-18-40(19-16-32)29(43)27(20-23-10-12-26(46-2)13-11-23)41(47-30(44)33(34,35)36)31(45)38-17-14-25-21-37-22-39-25/h10-13,21-22,24,27H,3-9,14-20H2,1-2H3,(H,37,39)(H,38,45). The van der Waals surface area contributed by atoms with E-state index in [4.69, 9.17) is 4.74 Å². The fraction of sp³-hybridized carbons (Fsp3) is 0.606. The number of likely N-dealkylation sites (tertiary alicyclic amines) is 1. The summed E-state index contributed by atoms with van der Waals surface area (Å²) in [5, 5.41) is 2.67. The third-order valence-corrected chi connectivity index (χ3v) is 9.38. The van der Waals surface area contributed by atoms with Gasteiger partial charge in [-0.25, -0.2) is 14.6 Å². The lowest BCUT2D eigenvalue weighted by molar-refractivity contribution is -0.234. The van der Waals surface area contributed by atoms with Crippen LogP contribution in [0.3, 0.4) is 0 Å². The zero-order chi connectivity index (χ0) is 34.0. The molecule has 2 aliphatic rings. The molecule has 0 spiro atoms. The van der Waals surface area contributed by atoms with Gasteiger partial charge in [0.15, 0.2) is 6.04 Å². The number of urea groups is 1. The van der Waals surface area contributed by atoms with Crippen LogP contribution in [0.1, 0.15) is 76.0 Å². The Labute approximate surface area is 272 Å². The summed E-state index contributed by atoms with van der Waals surface area (Å²) in [6.07, 6.45) is 4.69. The van der Waals surface area contributed by atoms with Crippen LogP contribution in [-0.4, -0.2) is 82.6 Å². The van der Waals surface area contributed by atoms with Gasteiger partial charge in [0.2, 0.25) is 5.91 Å². The summed E-state index contributed by atoms with van der Waals surface area (Å²) in [5.74, 6) is -2.38. The molecule has 1 saturated carbocycles. The maximum Gasteiger partial charge on any atom is 0.493 e. The number of aromatic amines is 1. The monoisotopic (exact) mass is 663 g/mol. The fourth-order valence-electron chi connectivity index (χ4n) is 6.83. The quantitative estimate of drug-likeness (QED) is 0.300. The van der Waals surface area contributed by atoms with Gasteiger partial charge in [0, 0.05) is 56.2 Å². The molecule has 258 valence electrons. The second kappa shape index (κ2) is 16.1. The average molecular weight is 664 g/mol. The summed E-state index contributed by atoms with van der Waals surface area (Å²) in [7, 11) is 1.47. The molecule has 0 radical (unpaired) electrons. The molecule has 1 aromatic heterocycles. The van der Waals surface area contributed by atoms with E-state index in [0.29, 0.717) is 36.3 Å². The van der Waals surface area contributed by atoms with Crippen molar-refractivity contribution in [3.63, 3.8) is 0 Å². The molecular weight excluding hydrogens is 619 g/mol. The number of alkyl halides is 3. The number of benzene rings is 1. The molecular formula is C33H44F3N5O6. The SMILES string of the molecule is CCCC(=O)C1(C2CCCCC2)CCN(C(=O)C(Cc2ccc(OC)cc2)N(OC(=O)C(F)(F)F)C(=O)NCCc2cnc[nH]2)CC1. The van der Waals surface area contributed by atoms with Crippen molar-refractivity contribution in [1.29, 1.82) is 0 Å². The maximum absolute atomic E-state index is 14.3. The van der Waals surface area contributed by atoms with Gasteiger partial charge in [0.1, 0.15) is 11.5 Å². The number of H-pyrrole nitrogens is 1. The summed E-state index contributed by atoms with van der Waals surface area (Å²) in [4.78, 5) is 66.3. The van der Waals surface area contributed by atoms with E-state index < -0.39 is 35.5 Å². The molecule has 3 amide bonds. The largest absolute Gasteiger partial charge is 0.497 e. The Morgan fingerprint density at radius 1 is 1.11 bits per heavy atom. The Kier molecular flexibility index (Phi) is 12.3. The molecule has 47 heavy (non-hydrogen) atoms. The number of Topliss-reactive ketones (excluding diaryl/α,β-unsaturated/α-hetero) is 1. The number of imidazole rings is 1. The van der Waals surface area contributed by atoms with Crippen LogP contribution in [0.5, 0.6) is 5.75 Å². The zero-order valence-corrected chi connectivity index (χ0v) is 26.9. The molecule has 1 aromatic carbocycles. The van der Waals surface area contributed by atoms with E-state index in [0.717, 1.165) is 38.5 Å². The van der Waals surface area contributed by atoms with E-state index in [9.17, 15) is 32.3 Å². The number of ether oxygens (including phenoxy) is 1. The van der Waals surface area contributed by atoms with Crippen molar-refractivity contribution in [1.82, 2.24) is 25.2 Å². The van der Waals surface area contributed by atoms with E-state index in [1.807, 2.05) is 6.92 Å². The number of hydrogen-bond acceptors (Lipinski definition) is 7. The molecule has 1 unspecified atom stereocenters. The van der Waals surface area contributed by atoms with Crippen LogP contribution in [0.15, 0.2) is 36.8 Å². The minimum atomic E-state index is -5.42. The first-order valence-electron chi connectivity index (χ1n) is 16.3. The number of piperidine rings is 1. The lowest BCUT2D eigenvalue weighted by atomic mass is 9.61. The second-order valence-corrected chi connectivity index (χ2v) is 12.3. The predicted molar refractivity (Wildman–Crippen MR) is 165 cm³/mol. The Morgan fingerprint density at radius 3 is 2.36 bits per heavy atom. The maximum atomic E-state index is 14.3. The van der Waals surface area contributed by atoms with Gasteiger partial charge < -0.3 is 24.8 Å². The highest BCUT2D eigenvalue weighted by Gasteiger charge is 2.49. The van der Waals surface area contributed by atoms with Crippen LogP contribution >= 0.6 is 0 Å². The van der Waals surface area contributed by atoms with Crippen LogP contribution in [0.4, 0.5) is 18.0 Å². The van der Waals surface area contributed by atoms with Crippen LogP contribution in [-0.2, 0) is 32.1 Å². The van der Waals surface area contributed by atoms with Gasteiger partial charge >= 0.3 is 18.2 Å². The first-order chi connectivity index (χ1) is 22.5. The summed E-state index contributed by atoms with van der Waals surface area (Å²) >= 11 is 0. The Balaban J connectivity index is 1.61. The normalized spacial score (nSPS) is 17.4. The highest BCUT2D eigenvalue weighted by Crippen LogP contribution is 2.47. The molecule has 14 heteroatoms. The van der Waals surface area contributed by atoms with Crippen molar-refractivity contribution in [2.24, 2.45) is 11.3 Å². The third-order valence-electron chi connectivity index (χ3n) is 9.38. The minimum absolute atomic E-state index is 0.0439. The highest BCUT2D eigenvalue weighted by atomic mass is 19.4. The van der Waals surface area contributed by atoms with Gasteiger partial charge in [-0.15, -0.1) is 5.06 Å². The minimum Gasteiger partial charge on any atom is -0.497 e. The number of ketones is 1. The Morgan fingerprint density at radius 2 is 1.79 bits per heavy atom. The number of carbonyl (C=O) groups is 4. The van der Waals surface area contributed by atoms with Crippen molar-refractivity contribution < 1.29 is 41.9 Å². The molecule has 11 nitrogen and oxygen atoms in total. The van der Waals surface area contributed by atoms with E-state index >= 15 is 0 Å². The molecule has 2 aromatic rings. The lowest BCUT2D eigenvalue weighted by Crippen LogP contribution is -2.58. The number of halogens is 3. The van der Waals surface area contributed by atoms with Crippen molar-refractivity contribution in [3.8, 4) is 5.75 Å². The van der Waals surface area contributed by atoms with Gasteiger partial charge in [-0.1, -0.05) is 38.3 Å². The van der Waals surface area contributed by atoms with Gasteiger partial charge in [-0.3, -0.25) is 9.59 Å². The summed E-state index contributed by atoms with van der Waals surface area (Å²) in [5.41, 5.74) is 0.585. The predicted octanol–water partition coefficient (Wildman–Crippen LogP) is 5.16. The van der Waals surface area contributed by atoms with Crippen molar-refractivity contribution in [2.75, 3.05) is 26.7 Å². The van der Waals surface area contributed by atoms with E-state index in [1.54, 1.807) is 24.3 Å². The molecule has 1 atom stereocenters. The molecule has 1 aliphatic carbocycles. The zero-order valence-electron chi connectivity index (χ0n) is 26.9. The highest BCUT2D eigenvalue weighted by molar-refractivity contribution is 5.89. The Bertz CT molecular complexity index is 1340. The number of carbonyl (C=O) groups excluding carboxylic acids is 4. The van der Waals surface area contributed by atoms with Crippen LogP contribution in [0.25, 0.3) is 0 Å².